The van der Waals surface area contributed by atoms with Gasteiger partial charge in [0.15, 0.2) is 0 Å². The van der Waals surface area contributed by atoms with Crippen molar-refractivity contribution in [3.8, 4) is 11.5 Å². The maximum Gasteiger partial charge on any atom is 0.573 e. The van der Waals surface area contributed by atoms with Crippen molar-refractivity contribution in [1.29, 1.82) is 0 Å². The second kappa shape index (κ2) is 7.55. The number of methoxy groups -OCH3 is 1. The molecule has 0 aliphatic heterocycles. The predicted octanol–water partition coefficient (Wildman–Crippen LogP) is 3.98. The molecule has 0 amide bonds. The Morgan fingerprint density at radius 3 is 2.12 bits per heavy atom. The lowest BCUT2D eigenvalue weighted by molar-refractivity contribution is -0.275. The van der Waals surface area contributed by atoms with E-state index in [2.05, 4.69) is 4.74 Å². The standard InChI is InChI=1S/C17H18F3NO4S/c1-12(13-8-4-5-9-14(13)24-3)21(2)26(22,23)16-11-7-6-10-15(16)25-17(18,19)20/h4-12H,1-3H3. The van der Waals surface area contributed by atoms with E-state index in [0.29, 0.717) is 11.3 Å². The van der Waals surface area contributed by atoms with Crippen molar-refractivity contribution in [3.05, 3.63) is 54.1 Å². The molecule has 26 heavy (non-hydrogen) atoms. The van der Waals surface area contributed by atoms with Crippen LogP contribution in [-0.4, -0.2) is 33.2 Å². The molecule has 0 N–H and O–H groups in total. The summed E-state index contributed by atoms with van der Waals surface area (Å²) >= 11 is 0. The van der Waals surface area contributed by atoms with Gasteiger partial charge in [-0.25, -0.2) is 8.42 Å². The van der Waals surface area contributed by atoms with E-state index in [1.807, 2.05) is 0 Å². The van der Waals surface area contributed by atoms with Gasteiger partial charge in [0.25, 0.3) is 0 Å². The molecule has 0 fully saturated rings. The summed E-state index contributed by atoms with van der Waals surface area (Å²) < 4.78 is 73.6. The van der Waals surface area contributed by atoms with E-state index in [9.17, 15) is 21.6 Å². The van der Waals surface area contributed by atoms with Crippen LogP contribution in [0.5, 0.6) is 11.5 Å². The van der Waals surface area contributed by atoms with Crippen molar-refractivity contribution in [2.45, 2.75) is 24.2 Å². The zero-order valence-electron chi connectivity index (χ0n) is 14.3. The molecular formula is C17H18F3NO4S. The van der Waals surface area contributed by atoms with E-state index in [1.54, 1.807) is 31.2 Å². The highest BCUT2D eigenvalue weighted by molar-refractivity contribution is 7.89. The largest absolute Gasteiger partial charge is 0.573 e. The lowest BCUT2D eigenvalue weighted by Crippen LogP contribution is -2.31. The topological polar surface area (TPSA) is 55.8 Å². The smallest absolute Gasteiger partial charge is 0.496 e. The van der Waals surface area contributed by atoms with Gasteiger partial charge < -0.3 is 9.47 Å². The van der Waals surface area contributed by atoms with Gasteiger partial charge in [0.1, 0.15) is 16.4 Å². The molecule has 0 saturated carbocycles. The Morgan fingerprint density at radius 2 is 1.54 bits per heavy atom. The number of sulfonamides is 1. The molecule has 2 aromatic carbocycles. The summed E-state index contributed by atoms with van der Waals surface area (Å²) in [4.78, 5) is -0.568. The van der Waals surface area contributed by atoms with E-state index in [0.717, 1.165) is 16.4 Å². The van der Waals surface area contributed by atoms with Gasteiger partial charge in [0.05, 0.1) is 13.2 Å². The number of alkyl halides is 3. The van der Waals surface area contributed by atoms with Crippen molar-refractivity contribution in [2.75, 3.05) is 14.2 Å². The maximum absolute atomic E-state index is 12.9. The maximum atomic E-state index is 12.9. The Hall–Kier alpha value is -2.26. The molecule has 0 spiro atoms. The van der Waals surface area contributed by atoms with E-state index in [4.69, 9.17) is 4.74 Å². The van der Waals surface area contributed by atoms with Gasteiger partial charge in [0, 0.05) is 12.6 Å². The summed E-state index contributed by atoms with van der Waals surface area (Å²) in [7, 11) is -1.52. The Labute approximate surface area is 150 Å². The summed E-state index contributed by atoms with van der Waals surface area (Å²) in [5.74, 6) is -0.305. The summed E-state index contributed by atoms with van der Waals surface area (Å²) in [6.07, 6.45) is -5.00. The Kier molecular flexibility index (Phi) is 5.82. The first-order chi connectivity index (χ1) is 12.1. The van der Waals surface area contributed by atoms with Crippen molar-refractivity contribution in [1.82, 2.24) is 4.31 Å². The first-order valence-corrected chi connectivity index (χ1v) is 8.97. The second-order valence-corrected chi connectivity index (χ2v) is 7.40. The van der Waals surface area contributed by atoms with Crippen LogP contribution in [0.4, 0.5) is 13.2 Å². The summed E-state index contributed by atoms with van der Waals surface area (Å²) in [5, 5.41) is 0. The van der Waals surface area contributed by atoms with Gasteiger partial charge in [-0.3, -0.25) is 0 Å². The monoisotopic (exact) mass is 389 g/mol. The number of para-hydroxylation sites is 2. The molecule has 0 bridgehead atoms. The second-order valence-electron chi connectivity index (χ2n) is 5.43. The Bertz CT molecular complexity index is 868. The van der Waals surface area contributed by atoms with Gasteiger partial charge in [-0.15, -0.1) is 13.2 Å². The van der Waals surface area contributed by atoms with Crippen LogP contribution >= 0.6 is 0 Å². The predicted molar refractivity (Wildman–Crippen MR) is 89.5 cm³/mol. The molecule has 0 aliphatic rings. The average Bonchev–Trinajstić information content (AvgIpc) is 2.59. The van der Waals surface area contributed by atoms with Crippen LogP contribution in [0.15, 0.2) is 53.4 Å². The lowest BCUT2D eigenvalue weighted by atomic mass is 10.1. The molecule has 2 rings (SSSR count). The van der Waals surface area contributed by atoms with E-state index < -0.39 is 33.1 Å². The zero-order chi connectivity index (χ0) is 19.5. The minimum atomic E-state index is -5.00. The van der Waals surface area contributed by atoms with Gasteiger partial charge in [-0.05, 0) is 25.1 Å². The van der Waals surface area contributed by atoms with Gasteiger partial charge >= 0.3 is 6.36 Å². The SMILES string of the molecule is COc1ccccc1C(C)N(C)S(=O)(=O)c1ccccc1OC(F)(F)F. The fourth-order valence-electron chi connectivity index (χ4n) is 2.44. The molecule has 0 aromatic heterocycles. The van der Waals surface area contributed by atoms with Crippen molar-refractivity contribution in [2.24, 2.45) is 0 Å². The average molecular weight is 389 g/mol. The van der Waals surface area contributed by atoms with Crippen LogP contribution in [0.1, 0.15) is 18.5 Å². The third-order valence-electron chi connectivity index (χ3n) is 3.87. The molecule has 1 unspecified atom stereocenters. The molecule has 0 aliphatic carbocycles. The number of benzene rings is 2. The molecule has 0 heterocycles. The summed E-state index contributed by atoms with van der Waals surface area (Å²) in [5.41, 5.74) is 0.579. The number of rotatable bonds is 6. The molecule has 9 heteroatoms. The fourth-order valence-corrected chi connectivity index (χ4v) is 3.90. The summed E-state index contributed by atoms with van der Waals surface area (Å²) in [6, 6.07) is 10.8. The number of halogens is 3. The van der Waals surface area contributed by atoms with Crippen molar-refractivity contribution >= 4 is 10.0 Å². The van der Waals surface area contributed by atoms with Crippen LogP contribution in [-0.2, 0) is 10.0 Å². The van der Waals surface area contributed by atoms with E-state index in [1.165, 1.54) is 26.3 Å². The number of hydrogen-bond acceptors (Lipinski definition) is 4. The Morgan fingerprint density at radius 1 is 1.00 bits per heavy atom. The van der Waals surface area contributed by atoms with Gasteiger partial charge in [-0.2, -0.15) is 4.31 Å². The van der Waals surface area contributed by atoms with Crippen molar-refractivity contribution in [3.63, 3.8) is 0 Å². The first-order valence-electron chi connectivity index (χ1n) is 7.53. The molecule has 142 valence electrons. The Balaban J connectivity index is 2.44. The molecule has 0 saturated heterocycles. The normalized spacial score (nSPS) is 13.5. The third kappa shape index (κ3) is 4.28. The molecule has 1 atom stereocenters. The fraction of sp³-hybridized carbons (Fsp3) is 0.294. The minimum absolute atomic E-state index is 0.474. The van der Waals surface area contributed by atoms with Crippen LogP contribution in [0, 0.1) is 0 Å². The first kappa shape index (κ1) is 20.1. The minimum Gasteiger partial charge on any atom is -0.496 e. The van der Waals surface area contributed by atoms with E-state index >= 15 is 0 Å². The quantitative estimate of drug-likeness (QED) is 0.750. The van der Waals surface area contributed by atoms with Crippen LogP contribution in [0.25, 0.3) is 0 Å². The third-order valence-corrected chi connectivity index (χ3v) is 5.83. The highest BCUT2D eigenvalue weighted by Crippen LogP contribution is 2.35. The lowest BCUT2D eigenvalue weighted by Gasteiger charge is -2.26. The number of ether oxygens (including phenoxy) is 2. The molecule has 0 radical (unpaired) electrons. The van der Waals surface area contributed by atoms with Gasteiger partial charge in [-0.1, -0.05) is 30.3 Å². The van der Waals surface area contributed by atoms with Crippen LogP contribution < -0.4 is 9.47 Å². The van der Waals surface area contributed by atoms with Crippen LogP contribution in [0.3, 0.4) is 0 Å². The number of hydrogen-bond donors (Lipinski definition) is 0. The highest BCUT2D eigenvalue weighted by atomic mass is 32.2. The molecular weight excluding hydrogens is 371 g/mol. The van der Waals surface area contributed by atoms with Crippen molar-refractivity contribution < 1.29 is 31.1 Å². The number of nitrogens with zero attached hydrogens (tertiary/aromatic N) is 1. The molecule has 2 aromatic rings. The summed E-state index contributed by atoms with van der Waals surface area (Å²) in [6.45, 7) is 1.61. The van der Waals surface area contributed by atoms with Gasteiger partial charge in [0.2, 0.25) is 10.0 Å². The zero-order valence-corrected chi connectivity index (χ0v) is 15.1. The van der Waals surface area contributed by atoms with E-state index in [-0.39, 0.29) is 0 Å². The highest BCUT2D eigenvalue weighted by Gasteiger charge is 2.36. The molecule has 5 nitrogen and oxygen atoms in total. The van der Waals surface area contributed by atoms with Crippen LogP contribution in [0.2, 0.25) is 0 Å².